The Hall–Kier alpha value is -3.33. The fraction of sp³-hybridized carbons (Fsp3) is 0.435. The van der Waals surface area contributed by atoms with Gasteiger partial charge >= 0.3 is 6.09 Å². The highest BCUT2D eigenvalue weighted by atomic mass is 16.6. The molecule has 1 amide bonds. The molecule has 1 aliphatic rings. The predicted octanol–water partition coefficient (Wildman–Crippen LogP) is 3.78. The van der Waals surface area contributed by atoms with Gasteiger partial charge in [0.25, 0.3) is 0 Å². The molecular formula is C23H31N7O2. The number of nitrogens with two attached hydrogens (primary N) is 1. The first-order valence-corrected chi connectivity index (χ1v) is 11.0. The van der Waals surface area contributed by atoms with Crippen molar-refractivity contribution in [3.63, 3.8) is 0 Å². The maximum Gasteiger partial charge on any atom is 0.410 e. The Bertz CT molecular complexity index is 1190. The number of benzene rings is 1. The summed E-state index contributed by atoms with van der Waals surface area (Å²) in [5.41, 5.74) is 12.4. The van der Waals surface area contributed by atoms with Crippen LogP contribution in [0.25, 0.3) is 21.9 Å². The number of nitrogens with zero attached hydrogens (tertiary/aromatic N) is 5. The summed E-state index contributed by atoms with van der Waals surface area (Å²) in [5, 5.41) is 2.94. The van der Waals surface area contributed by atoms with Gasteiger partial charge in [0.2, 0.25) is 0 Å². The van der Waals surface area contributed by atoms with Crippen molar-refractivity contribution in [3.8, 4) is 0 Å². The topological polar surface area (TPSA) is 102 Å². The maximum atomic E-state index is 12.7. The standard InChI is InChI=1S/C23H31N7O2/c1-6-28(22(31)32-23(3,4)5)14-18-27-19-20(29(18)7-2)16-10-9-15(30-12-8-11-25-30)13-17(16)26-21(19)24/h8-10,12-13,25H,6-7,11,14H2,1-5H3,(H2,24,26). The predicted molar refractivity (Wildman–Crippen MR) is 127 cm³/mol. The van der Waals surface area contributed by atoms with E-state index in [-0.39, 0.29) is 6.09 Å². The van der Waals surface area contributed by atoms with Crippen molar-refractivity contribution in [1.29, 1.82) is 0 Å². The number of hydrazine groups is 1. The highest BCUT2D eigenvalue weighted by Gasteiger charge is 2.24. The molecule has 3 heterocycles. The van der Waals surface area contributed by atoms with E-state index in [2.05, 4.69) is 34.0 Å². The number of fused-ring (bicyclic) bond motifs is 3. The summed E-state index contributed by atoms with van der Waals surface area (Å²) in [5.74, 6) is 1.13. The fourth-order valence-corrected chi connectivity index (χ4v) is 3.90. The van der Waals surface area contributed by atoms with E-state index in [0.29, 0.717) is 31.0 Å². The molecule has 9 heteroatoms. The molecule has 0 unspecified atom stereocenters. The largest absolute Gasteiger partial charge is 0.444 e. The molecule has 0 aliphatic carbocycles. The maximum absolute atomic E-state index is 12.7. The average molecular weight is 438 g/mol. The average Bonchev–Trinajstić information content (AvgIpc) is 3.38. The zero-order chi connectivity index (χ0) is 23.0. The van der Waals surface area contributed by atoms with Crippen LogP contribution in [0.3, 0.4) is 0 Å². The summed E-state index contributed by atoms with van der Waals surface area (Å²) in [6.07, 6.45) is 3.69. The summed E-state index contributed by atoms with van der Waals surface area (Å²) >= 11 is 0. The Morgan fingerprint density at radius 2 is 2.06 bits per heavy atom. The highest BCUT2D eigenvalue weighted by Crippen LogP contribution is 2.32. The molecular weight excluding hydrogens is 406 g/mol. The van der Waals surface area contributed by atoms with Crippen LogP contribution in [-0.2, 0) is 17.8 Å². The van der Waals surface area contributed by atoms with Crippen molar-refractivity contribution < 1.29 is 9.53 Å². The lowest BCUT2D eigenvalue weighted by Crippen LogP contribution is -2.37. The van der Waals surface area contributed by atoms with Crippen LogP contribution in [0.4, 0.5) is 16.3 Å². The molecule has 3 N–H and O–H groups in total. The molecule has 32 heavy (non-hydrogen) atoms. The lowest BCUT2D eigenvalue weighted by atomic mass is 10.1. The van der Waals surface area contributed by atoms with E-state index in [1.165, 1.54) is 0 Å². The molecule has 3 aromatic rings. The van der Waals surface area contributed by atoms with E-state index >= 15 is 0 Å². The van der Waals surface area contributed by atoms with Gasteiger partial charge in [-0.15, -0.1) is 0 Å². The SMILES string of the molecule is CCN(Cc1nc2c(N)nc3cc(N4C=CCN4)ccc3c2n1CC)C(=O)OC(C)(C)C. The molecule has 170 valence electrons. The number of aryl methyl sites for hydroxylation is 1. The third kappa shape index (κ3) is 4.08. The monoisotopic (exact) mass is 437 g/mol. The fourth-order valence-electron chi connectivity index (χ4n) is 3.90. The summed E-state index contributed by atoms with van der Waals surface area (Å²) in [4.78, 5) is 23.7. The molecule has 0 fully saturated rings. The zero-order valence-electron chi connectivity index (χ0n) is 19.3. The number of carbonyl (C=O) groups is 1. The lowest BCUT2D eigenvalue weighted by molar-refractivity contribution is 0.0238. The Labute approximate surface area is 187 Å². The smallest absolute Gasteiger partial charge is 0.410 e. The summed E-state index contributed by atoms with van der Waals surface area (Å²) < 4.78 is 7.67. The van der Waals surface area contributed by atoms with Crippen molar-refractivity contribution in [2.75, 3.05) is 23.8 Å². The number of ether oxygens (including phenoxy) is 1. The molecule has 0 atom stereocenters. The van der Waals surface area contributed by atoms with E-state index in [1.807, 2.05) is 51.0 Å². The molecule has 1 aliphatic heterocycles. The van der Waals surface area contributed by atoms with Crippen LogP contribution in [0.5, 0.6) is 0 Å². The van der Waals surface area contributed by atoms with Gasteiger partial charge in [0, 0.05) is 31.2 Å². The van der Waals surface area contributed by atoms with E-state index in [1.54, 1.807) is 4.90 Å². The molecule has 0 bridgehead atoms. The summed E-state index contributed by atoms with van der Waals surface area (Å²) in [6, 6.07) is 6.11. The van der Waals surface area contributed by atoms with Gasteiger partial charge in [-0.2, -0.15) is 0 Å². The number of aromatic nitrogens is 3. The molecule has 4 rings (SSSR count). The normalized spacial score (nSPS) is 14.0. The first-order valence-electron chi connectivity index (χ1n) is 11.0. The van der Waals surface area contributed by atoms with Crippen LogP contribution < -0.4 is 16.2 Å². The second-order valence-electron chi connectivity index (χ2n) is 8.78. The molecule has 0 spiro atoms. The van der Waals surface area contributed by atoms with Gasteiger partial charge in [-0.05, 0) is 52.8 Å². The van der Waals surface area contributed by atoms with Gasteiger partial charge in [-0.3, -0.25) is 5.01 Å². The first-order chi connectivity index (χ1) is 15.2. The van der Waals surface area contributed by atoms with Gasteiger partial charge in [-0.1, -0.05) is 6.08 Å². The number of amides is 1. The van der Waals surface area contributed by atoms with Gasteiger partial charge in [0.1, 0.15) is 16.9 Å². The summed E-state index contributed by atoms with van der Waals surface area (Å²) in [6.45, 7) is 11.9. The minimum Gasteiger partial charge on any atom is -0.444 e. The second-order valence-corrected chi connectivity index (χ2v) is 8.78. The Morgan fingerprint density at radius 3 is 2.69 bits per heavy atom. The Kier molecular flexibility index (Phi) is 5.68. The molecule has 0 saturated heterocycles. The zero-order valence-corrected chi connectivity index (χ0v) is 19.3. The van der Waals surface area contributed by atoms with Crippen LogP contribution in [0.1, 0.15) is 40.4 Å². The van der Waals surface area contributed by atoms with Gasteiger partial charge in [0.15, 0.2) is 5.82 Å². The van der Waals surface area contributed by atoms with Gasteiger partial charge < -0.3 is 19.9 Å². The van der Waals surface area contributed by atoms with Crippen LogP contribution in [0.2, 0.25) is 0 Å². The van der Waals surface area contributed by atoms with E-state index < -0.39 is 5.60 Å². The molecule has 9 nitrogen and oxygen atoms in total. The van der Waals surface area contributed by atoms with Gasteiger partial charge in [0.05, 0.1) is 23.3 Å². The Balaban J connectivity index is 1.77. The number of hydrogen-bond acceptors (Lipinski definition) is 7. The number of carbonyl (C=O) groups excluding carboxylic acids is 1. The molecule has 0 radical (unpaired) electrons. The lowest BCUT2D eigenvalue weighted by Gasteiger charge is -2.26. The Morgan fingerprint density at radius 1 is 1.28 bits per heavy atom. The second kappa shape index (κ2) is 8.31. The third-order valence-electron chi connectivity index (χ3n) is 5.36. The third-order valence-corrected chi connectivity index (χ3v) is 5.36. The number of rotatable bonds is 5. The van der Waals surface area contributed by atoms with Crippen molar-refractivity contribution in [2.45, 2.75) is 53.3 Å². The van der Waals surface area contributed by atoms with Crippen molar-refractivity contribution >= 4 is 39.5 Å². The number of nitrogens with one attached hydrogen (secondary N) is 1. The van der Waals surface area contributed by atoms with Crippen LogP contribution in [-0.4, -0.2) is 44.2 Å². The summed E-state index contributed by atoms with van der Waals surface area (Å²) in [7, 11) is 0. The number of nitrogen functional groups attached to an aromatic ring is 1. The minimum absolute atomic E-state index is 0.329. The minimum atomic E-state index is -0.558. The van der Waals surface area contributed by atoms with E-state index in [0.717, 1.165) is 34.5 Å². The van der Waals surface area contributed by atoms with Gasteiger partial charge in [-0.25, -0.2) is 20.2 Å². The van der Waals surface area contributed by atoms with Crippen molar-refractivity contribution in [2.24, 2.45) is 0 Å². The van der Waals surface area contributed by atoms with Crippen molar-refractivity contribution in [3.05, 3.63) is 36.3 Å². The van der Waals surface area contributed by atoms with Crippen LogP contribution >= 0.6 is 0 Å². The molecule has 0 saturated carbocycles. The van der Waals surface area contributed by atoms with E-state index in [9.17, 15) is 4.79 Å². The number of anilines is 2. The quantitative estimate of drug-likeness (QED) is 0.626. The van der Waals surface area contributed by atoms with Crippen molar-refractivity contribution in [1.82, 2.24) is 24.9 Å². The highest BCUT2D eigenvalue weighted by molar-refractivity contribution is 6.07. The van der Waals surface area contributed by atoms with Crippen LogP contribution in [0.15, 0.2) is 30.5 Å². The molecule has 1 aromatic carbocycles. The first kappa shape index (κ1) is 21.9. The van der Waals surface area contributed by atoms with E-state index in [4.69, 9.17) is 15.5 Å². The number of hydrogen-bond donors (Lipinski definition) is 2. The van der Waals surface area contributed by atoms with Crippen LogP contribution in [0, 0.1) is 0 Å². The number of imidazole rings is 1. The molecule has 2 aromatic heterocycles. The number of pyridine rings is 1.